The number of H-pyrrole nitrogens is 1. The molecular formula is C24H33FN3O9P. The number of nitrogens with zero attached hydrogens (tertiary/aromatic N) is 1. The number of para-hydroxylation sites is 1. The Kier molecular flexibility index (Phi) is 8.88. The Morgan fingerprint density at radius 2 is 1.92 bits per heavy atom. The van der Waals surface area contributed by atoms with Gasteiger partial charge in [0.05, 0.1) is 25.9 Å². The summed E-state index contributed by atoms with van der Waals surface area (Å²) >= 11 is 0. The van der Waals surface area contributed by atoms with Crippen LogP contribution in [0.25, 0.3) is 0 Å². The van der Waals surface area contributed by atoms with Gasteiger partial charge in [0.1, 0.15) is 18.0 Å². The molecule has 2 aliphatic rings. The molecule has 12 nitrogen and oxygen atoms in total. The summed E-state index contributed by atoms with van der Waals surface area (Å²) in [4.78, 5) is 25.7. The zero-order valence-electron chi connectivity index (χ0n) is 21.3. The number of aromatic nitrogens is 2. The van der Waals surface area contributed by atoms with E-state index in [1.54, 1.807) is 30.3 Å². The second kappa shape index (κ2) is 11.8. The maximum absolute atomic E-state index is 15.6. The topological polar surface area (TPSA) is 150 Å². The van der Waals surface area contributed by atoms with Crippen molar-refractivity contribution in [1.29, 1.82) is 0 Å². The highest BCUT2D eigenvalue weighted by molar-refractivity contribution is 7.52. The van der Waals surface area contributed by atoms with E-state index in [9.17, 15) is 19.3 Å². The Labute approximate surface area is 218 Å². The van der Waals surface area contributed by atoms with E-state index >= 15 is 4.39 Å². The molecule has 0 aliphatic carbocycles. The summed E-state index contributed by atoms with van der Waals surface area (Å²) < 4.78 is 58.8. The number of hydrogen-bond donors (Lipinski definition) is 3. The average Bonchev–Trinajstić information content (AvgIpc) is 3.46. The predicted molar refractivity (Wildman–Crippen MR) is 133 cm³/mol. The number of halogens is 1. The number of aliphatic hydroxyl groups excluding tert-OH is 1. The standard InChI is InChI=1S/C24H33FN3O9P/c1-15(2)13-17(21-33-11-12-34-21)27-38(32,37-16-7-5-4-6-8-16)35-14-18-20(30)24(3,25)22(36-18)28-10-9-19(29)26-23(28)31/h4-10,15,17-18,20-22,30H,11-14H2,1-3H3,(H,27,32)(H,26,29,31)/t17-,18+,20+,22+,24+,38+/m0/s1. The second-order valence-corrected chi connectivity index (χ2v) is 11.5. The van der Waals surface area contributed by atoms with E-state index in [0.29, 0.717) is 19.6 Å². The summed E-state index contributed by atoms with van der Waals surface area (Å²) in [5.74, 6) is 0.426. The number of hydrogen-bond acceptors (Lipinski definition) is 9. The van der Waals surface area contributed by atoms with E-state index in [0.717, 1.165) is 23.8 Å². The van der Waals surface area contributed by atoms with Crippen LogP contribution in [0.1, 0.15) is 33.4 Å². The lowest BCUT2D eigenvalue weighted by atomic mass is 9.98. The summed E-state index contributed by atoms with van der Waals surface area (Å²) in [6.45, 7) is 5.25. The summed E-state index contributed by atoms with van der Waals surface area (Å²) in [6.07, 6.45) is -3.77. The lowest BCUT2D eigenvalue weighted by Gasteiger charge is -2.30. The van der Waals surface area contributed by atoms with Crippen molar-refractivity contribution in [1.82, 2.24) is 14.6 Å². The van der Waals surface area contributed by atoms with Gasteiger partial charge in [0.2, 0.25) is 0 Å². The zero-order chi connectivity index (χ0) is 27.5. The third-order valence-electron chi connectivity index (χ3n) is 6.22. The fourth-order valence-electron chi connectivity index (χ4n) is 4.39. The van der Waals surface area contributed by atoms with E-state index in [2.05, 4.69) is 5.09 Å². The van der Waals surface area contributed by atoms with Crippen LogP contribution in [0, 0.1) is 5.92 Å². The van der Waals surface area contributed by atoms with Gasteiger partial charge in [-0.3, -0.25) is 18.9 Å². The second-order valence-electron chi connectivity index (χ2n) is 9.81. The van der Waals surface area contributed by atoms with Crippen molar-refractivity contribution in [2.45, 2.75) is 63.6 Å². The highest BCUT2D eigenvalue weighted by Crippen LogP contribution is 2.48. The van der Waals surface area contributed by atoms with Crippen LogP contribution in [-0.4, -0.2) is 64.7 Å². The van der Waals surface area contributed by atoms with Gasteiger partial charge >= 0.3 is 13.4 Å². The minimum atomic E-state index is -4.17. The number of benzene rings is 1. The van der Waals surface area contributed by atoms with Crippen LogP contribution in [0.2, 0.25) is 0 Å². The van der Waals surface area contributed by atoms with Crippen molar-refractivity contribution in [3.05, 3.63) is 63.4 Å². The van der Waals surface area contributed by atoms with Crippen LogP contribution in [0.15, 0.2) is 52.2 Å². The number of ether oxygens (including phenoxy) is 3. The molecule has 0 unspecified atom stereocenters. The zero-order valence-corrected chi connectivity index (χ0v) is 22.2. The lowest BCUT2D eigenvalue weighted by molar-refractivity contribution is -0.0698. The Morgan fingerprint density at radius 3 is 2.55 bits per heavy atom. The number of alkyl halides is 1. The van der Waals surface area contributed by atoms with Crippen LogP contribution >= 0.6 is 7.75 Å². The van der Waals surface area contributed by atoms with Crippen LogP contribution < -0.4 is 20.9 Å². The van der Waals surface area contributed by atoms with Crippen molar-refractivity contribution in [2.24, 2.45) is 5.92 Å². The Bertz CT molecular complexity index is 1230. The average molecular weight is 558 g/mol. The molecule has 3 heterocycles. The molecule has 0 saturated carbocycles. The first kappa shape index (κ1) is 28.6. The maximum atomic E-state index is 15.6. The Hall–Kier alpha value is -2.38. The highest BCUT2D eigenvalue weighted by atomic mass is 31.2. The maximum Gasteiger partial charge on any atom is 0.459 e. The molecule has 2 aliphatic heterocycles. The summed E-state index contributed by atoms with van der Waals surface area (Å²) in [5, 5.41) is 13.6. The van der Waals surface area contributed by atoms with Gasteiger partial charge < -0.3 is 23.8 Å². The number of rotatable bonds is 11. The first-order valence-electron chi connectivity index (χ1n) is 12.3. The third-order valence-corrected chi connectivity index (χ3v) is 7.81. The Morgan fingerprint density at radius 1 is 1.24 bits per heavy atom. The van der Waals surface area contributed by atoms with Crippen LogP contribution in [0.5, 0.6) is 5.75 Å². The van der Waals surface area contributed by atoms with Crippen molar-refractivity contribution in [3.63, 3.8) is 0 Å². The van der Waals surface area contributed by atoms with Crippen molar-refractivity contribution >= 4 is 7.75 Å². The molecule has 1 aromatic heterocycles. The van der Waals surface area contributed by atoms with Gasteiger partial charge in [-0.05, 0) is 31.4 Å². The molecular weight excluding hydrogens is 524 g/mol. The van der Waals surface area contributed by atoms with Gasteiger partial charge in [-0.2, -0.15) is 0 Å². The van der Waals surface area contributed by atoms with Crippen LogP contribution in [0.3, 0.4) is 0 Å². The number of aromatic amines is 1. The van der Waals surface area contributed by atoms with Crippen LogP contribution in [0.4, 0.5) is 4.39 Å². The molecule has 0 amide bonds. The number of nitrogens with one attached hydrogen (secondary N) is 2. The third kappa shape index (κ3) is 6.60. The molecule has 14 heteroatoms. The van der Waals surface area contributed by atoms with E-state index in [1.807, 2.05) is 18.8 Å². The molecule has 2 aromatic rings. The van der Waals surface area contributed by atoms with Gasteiger partial charge in [-0.25, -0.2) is 18.8 Å². The van der Waals surface area contributed by atoms with Gasteiger partial charge in [-0.1, -0.05) is 32.0 Å². The van der Waals surface area contributed by atoms with Crippen molar-refractivity contribution in [2.75, 3.05) is 19.8 Å². The molecule has 210 valence electrons. The quantitative estimate of drug-likeness (QED) is 0.351. The van der Waals surface area contributed by atoms with Gasteiger partial charge in [-0.15, -0.1) is 0 Å². The van der Waals surface area contributed by atoms with E-state index in [4.69, 9.17) is 23.3 Å². The smallest absolute Gasteiger partial charge is 0.413 e. The molecule has 0 bridgehead atoms. The fraction of sp³-hybridized carbons (Fsp3) is 0.583. The largest absolute Gasteiger partial charge is 0.459 e. The molecule has 38 heavy (non-hydrogen) atoms. The van der Waals surface area contributed by atoms with Gasteiger partial charge in [0.25, 0.3) is 5.56 Å². The van der Waals surface area contributed by atoms with Crippen LogP contribution in [-0.2, 0) is 23.3 Å². The molecule has 2 saturated heterocycles. The van der Waals surface area contributed by atoms with E-state index < -0.39 is 62.0 Å². The summed E-state index contributed by atoms with van der Waals surface area (Å²) in [7, 11) is -4.17. The summed E-state index contributed by atoms with van der Waals surface area (Å²) in [5.41, 5.74) is -4.02. The fourth-order valence-corrected chi connectivity index (χ4v) is 5.94. The molecule has 0 radical (unpaired) electrons. The van der Waals surface area contributed by atoms with Crippen molar-refractivity contribution < 1.29 is 37.3 Å². The lowest BCUT2D eigenvalue weighted by Crippen LogP contribution is -2.44. The normalized spacial score (nSPS) is 28.4. The number of aliphatic hydroxyl groups is 1. The summed E-state index contributed by atoms with van der Waals surface area (Å²) in [6, 6.07) is 8.80. The molecule has 6 atom stereocenters. The van der Waals surface area contributed by atoms with E-state index in [1.165, 1.54) is 0 Å². The molecule has 0 spiro atoms. The van der Waals surface area contributed by atoms with Gasteiger partial charge in [0.15, 0.2) is 18.2 Å². The SMILES string of the molecule is CC(C)C[C@H](N[P@@](=O)(OC[C@H]1O[C@@H](n2ccc(=O)[nH]c2=O)[C@](C)(F)[C@@H]1O)Oc1ccccc1)C1OCCO1. The van der Waals surface area contributed by atoms with Crippen molar-refractivity contribution in [3.8, 4) is 5.75 Å². The monoisotopic (exact) mass is 557 g/mol. The molecule has 1 aromatic carbocycles. The first-order valence-corrected chi connectivity index (χ1v) is 13.9. The molecule has 4 rings (SSSR count). The highest BCUT2D eigenvalue weighted by Gasteiger charge is 2.56. The minimum absolute atomic E-state index is 0.175. The van der Waals surface area contributed by atoms with E-state index in [-0.39, 0.29) is 11.7 Å². The Balaban J connectivity index is 1.55. The first-order chi connectivity index (χ1) is 18.0. The molecule has 2 fully saturated rings. The minimum Gasteiger partial charge on any atom is -0.413 e. The molecule has 3 N–H and O–H groups in total. The predicted octanol–water partition coefficient (Wildman–Crippen LogP) is 2.10. The van der Waals surface area contributed by atoms with Gasteiger partial charge in [0, 0.05) is 12.3 Å².